The van der Waals surface area contributed by atoms with Gasteiger partial charge in [0.2, 0.25) is 0 Å². The fourth-order valence-electron chi connectivity index (χ4n) is 4.25. The van der Waals surface area contributed by atoms with Gasteiger partial charge >= 0.3 is 0 Å². The number of rotatable bonds is 4. The largest absolute Gasteiger partial charge is 0.0622 e. The lowest BCUT2D eigenvalue weighted by Gasteiger charge is -2.13. The summed E-state index contributed by atoms with van der Waals surface area (Å²) >= 11 is 0. The molecule has 0 atom stereocenters. The lowest BCUT2D eigenvalue weighted by molar-refractivity contribution is 0.867. The lowest BCUT2D eigenvalue weighted by Crippen LogP contribution is -1.88. The van der Waals surface area contributed by atoms with E-state index in [1.807, 2.05) is 0 Å². The third-order valence-electron chi connectivity index (χ3n) is 6.06. The van der Waals surface area contributed by atoms with Gasteiger partial charge < -0.3 is 0 Å². The molecule has 0 radical (unpaired) electrons. The summed E-state index contributed by atoms with van der Waals surface area (Å²) in [6.07, 6.45) is 0. The molecule has 0 spiro atoms. The van der Waals surface area contributed by atoms with Crippen LogP contribution in [0.2, 0.25) is 0 Å². The van der Waals surface area contributed by atoms with Crippen LogP contribution in [0.15, 0.2) is 115 Å². The van der Waals surface area contributed by atoms with E-state index in [-0.39, 0.29) is 0 Å². The van der Waals surface area contributed by atoms with Crippen LogP contribution in [-0.2, 0) is 0 Å². The number of fused-ring (bicyclic) bond motifs is 1. The van der Waals surface area contributed by atoms with Crippen molar-refractivity contribution in [1.82, 2.24) is 0 Å². The van der Waals surface area contributed by atoms with Gasteiger partial charge in [0.1, 0.15) is 0 Å². The average molecular weight is 399 g/mol. The van der Waals surface area contributed by atoms with Crippen molar-refractivity contribution in [2.75, 3.05) is 0 Å². The molecule has 31 heavy (non-hydrogen) atoms. The second-order valence-electron chi connectivity index (χ2n) is 8.47. The second kappa shape index (κ2) is 8.24. The summed E-state index contributed by atoms with van der Waals surface area (Å²) in [7, 11) is 0. The van der Waals surface area contributed by atoms with E-state index in [1.165, 1.54) is 49.7 Å². The van der Waals surface area contributed by atoms with Gasteiger partial charge in [0.15, 0.2) is 0 Å². The smallest absolute Gasteiger partial charge is 0.00988 e. The molecule has 0 fully saturated rings. The van der Waals surface area contributed by atoms with E-state index in [1.54, 1.807) is 0 Å². The monoisotopic (exact) mass is 398 g/mol. The molecule has 150 valence electrons. The molecule has 0 aliphatic rings. The Morgan fingerprint density at radius 1 is 0.452 bits per heavy atom. The second-order valence-corrected chi connectivity index (χ2v) is 8.47. The SMILES string of the molecule is CC(C)c1ccc(-c2ccc3cc(-c4ccccc4)cc(-c4ccccc4)c3c2)cc1. The first kappa shape index (κ1) is 19.3. The summed E-state index contributed by atoms with van der Waals surface area (Å²) < 4.78 is 0. The molecule has 0 aliphatic carbocycles. The molecule has 0 saturated carbocycles. The molecule has 0 bridgehead atoms. The van der Waals surface area contributed by atoms with Crippen LogP contribution in [0, 0.1) is 0 Å². The summed E-state index contributed by atoms with van der Waals surface area (Å²) in [4.78, 5) is 0. The van der Waals surface area contributed by atoms with Crippen molar-refractivity contribution >= 4 is 10.8 Å². The normalized spacial score (nSPS) is 11.2. The first-order chi connectivity index (χ1) is 15.2. The van der Waals surface area contributed by atoms with Crippen LogP contribution in [0.5, 0.6) is 0 Å². The predicted octanol–water partition coefficient (Wildman–Crippen LogP) is 8.96. The molecule has 0 nitrogen and oxygen atoms in total. The molecule has 0 aromatic heterocycles. The zero-order valence-corrected chi connectivity index (χ0v) is 18.0. The quantitative estimate of drug-likeness (QED) is 0.283. The van der Waals surface area contributed by atoms with Crippen LogP contribution in [0.4, 0.5) is 0 Å². The molecule has 0 amide bonds. The summed E-state index contributed by atoms with van der Waals surface area (Å²) in [6, 6.07) is 41.8. The molecule has 0 saturated heterocycles. The lowest BCUT2D eigenvalue weighted by atomic mass is 9.91. The Kier molecular flexibility index (Phi) is 5.14. The van der Waals surface area contributed by atoms with Gasteiger partial charge in [0.05, 0.1) is 0 Å². The van der Waals surface area contributed by atoms with E-state index in [2.05, 4.69) is 129 Å². The minimum absolute atomic E-state index is 0.548. The Morgan fingerprint density at radius 3 is 1.68 bits per heavy atom. The Hall–Kier alpha value is -3.64. The van der Waals surface area contributed by atoms with Crippen molar-refractivity contribution < 1.29 is 0 Å². The van der Waals surface area contributed by atoms with Crippen molar-refractivity contribution in [3.8, 4) is 33.4 Å². The maximum absolute atomic E-state index is 2.34. The van der Waals surface area contributed by atoms with Gasteiger partial charge in [-0.3, -0.25) is 0 Å². The number of hydrogen-bond acceptors (Lipinski definition) is 0. The summed E-state index contributed by atoms with van der Waals surface area (Å²) in [5.74, 6) is 0.548. The van der Waals surface area contributed by atoms with Crippen LogP contribution in [-0.4, -0.2) is 0 Å². The van der Waals surface area contributed by atoms with Crippen molar-refractivity contribution in [2.45, 2.75) is 19.8 Å². The number of benzene rings is 5. The summed E-state index contributed by atoms with van der Waals surface area (Å²) in [5, 5.41) is 2.55. The Balaban J connectivity index is 1.70. The van der Waals surface area contributed by atoms with Crippen molar-refractivity contribution in [1.29, 1.82) is 0 Å². The van der Waals surface area contributed by atoms with Crippen LogP contribution in [0.1, 0.15) is 25.3 Å². The van der Waals surface area contributed by atoms with Gasteiger partial charge in [0, 0.05) is 0 Å². The minimum Gasteiger partial charge on any atom is -0.0622 e. The van der Waals surface area contributed by atoms with Crippen molar-refractivity contribution in [2.24, 2.45) is 0 Å². The van der Waals surface area contributed by atoms with Gasteiger partial charge in [-0.25, -0.2) is 0 Å². The molecular weight excluding hydrogens is 372 g/mol. The molecule has 0 unspecified atom stereocenters. The van der Waals surface area contributed by atoms with Gasteiger partial charge in [-0.15, -0.1) is 0 Å². The predicted molar refractivity (Wildman–Crippen MR) is 134 cm³/mol. The molecule has 5 rings (SSSR count). The topological polar surface area (TPSA) is 0 Å². The van der Waals surface area contributed by atoms with Crippen LogP contribution >= 0.6 is 0 Å². The Morgan fingerprint density at radius 2 is 1.03 bits per heavy atom. The van der Waals surface area contributed by atoms with Crippen LogP contribution in [0.3, 0.4) is 0 Å². The van der Waals surface area contributed by atoms with Gasteiger partial charge in [-0.05, 0) is 73.8 Å². The standard InChI is InChI=1S/C31H26/c1-22(2)23-13-15-25(16-14-23)27-17-18-28-19-29(24-9-5-3-6-10-24)21-30(31(28)20-27)26-11-7-4-8-12-26/h3-22H,1-2H3. The Labute approximate surface area is 184 Å². The fourth-order valence-corrected chi connectivity index (χ4v) is 4.25. The van der Waals surface area contributed by atoms with Gasteiger partial charge in [-0.1, -0.05) is 111 Å². The highest BCUT2D eigenvalue weighted by molar-refractivity contribution is 6.02. The van der Waals surface area contributed by atoms with Gasteiger partial charge in [-0.2, -0.15) is 0 Å². The Bertz CT molecular complexity index is 1310. The molecule has 5 aromatic rings. The highest BCUT2D eigenvalue weighted by atomic mass is 14.1. The van der Waals surface area contributed by atoms with Crippen LogP contribution < -0.4 is 0 Å². The van der Waals surface area contributed by atoms with Gasteiger partial charge in [0.25, 0.3) is 0 Å². The van der Waals surface area contributed by atoms with E-state index < -0.39 is 0 Å². The minimum atomic E-state index is 0.548. The van der Waals surface area contributed by atoms with E-state index in [0.717, 1.165) is 0 Å². The third kappa shape index (κ3) is 3.90. The van der Waals surface area contributed by atoms with E-state index >= 15 is 0 Å². The molecule has 0 aliphatic heterocycles. The van der Waals surface area contributed by atoms with E-state index in [4.69, 9.17) is 0 Å². The fraction of sp³-hybridized carbons (Fsp3) is 0.0968. The molecular formula is C31H26. The zero-order chi connectivity index (χ0) is 21.2. The first-order valence-electron chi connectivity index (χ1n) is 11.0. The maximum Gasteiger partial charge on any atom is -0.00988 e. The molecule has 0 heteroatoms. The maximum atomic E-state index is 2.34. The average Bonchev–Trinajstić information content (AvgIpc) is 2.84. The van der Waals surface area contributed by atoms with E-state index in [9.17, 15) is 0 Å². The highest BCUT2D eigenvalue weighted by Crippen LogP contribution is 2.36. The summed E-state index contributed by atoms with van der Waals surface area (Å²) in [5.41, 5.74) is 8.91. The zero-order valence-electron chi connectivity index (χ0n) is 18.0. The first-order valence-corrected chi connectivity index (χ1v) is 11.0. The molecule has 5 aromatic carbocycles. The number of hydrogen-bond donors (Lipinski definition) is 0. The molecule has 0 N–H and O–H groups in total. The highest BCUT2D eigenvalue weighted by Gasteiger charge is 2.10. The van der Waals surface area contributed by atoms with Crippen molar-refractivity contribution in [3.05, 3.63) is 121 Å². The van der Waals surface area contributed by atoms with Crippen LogP contribution in [0.25, 0.3) is 44.2 Å². The summed E-state index contributed by atoms with van der Waals surface area (Å²) in [6.45, 7) is 4.48. The van der Waals surface area contributed by atoms with Crippen molar-refractivity contribution in [3.63, 3.8) is 0 Å². The van der Waals surface area contributed by atoms with E-state index in [0.29, 0.717) is 5.92 Å². The molecule has 0 heterocycles. The third-order valence-corrected chi connectivity index (χ3v) is 6.06.